The van der Waals surface area contributed by atoms with Crippen molar-refractivity contribution in [2.45, 2.75) is 347 Å². The zero-order valence-electron chi connectivity index (χ0n) is 47.3. The van der Waals surface area contributed by atoms with Gasteiger partial charge in [-0.05, 0) is 57.8 Å². The first-order chi connectivity index (χ1) is 34.9. The van der Waals surface area contributed by atoms with Crippen molar-refractivity contribution >= 4 is 11.9 Å². The van der Waals surface area contributed by atoms with Crippen molar-refractivity contribution in [2.24, 2.45) is 0 Å². The molecule has 71 heavy (non-hydrogen) atoms. The highest BCUT2D eigenvalue weighted by atomic mass is 16.5. The van der Waals surface area contributed by atoms with Gasteiger partial charge >= 0.3 is 5.97 Å². The summed E-state index contributed by atoms with van der Waals surface area (Å²) in [5.74, 6) is -0.130. The lowest BCUT2D eigenvalue weighted by molar-refractivity contribution is -0.143. The summed E-state index contributed by atoms with van der Waals surface area (Å²) in [5.41, 5.74) is 0. The van der Waals surface area contributed by atoms with Gasteiger partial charge in [0.15, 0.2) is 0 Å². The maximum Gasteiger partial charge on any atom is 0.305 e. The zero-order chi connectivity index (χ0) is 51.6. The molecule has 7 nitrogen and oxygen atoms in total. The molecular formula is C64H121NO6. The minimum atomic E-state index is -1.02. The quantitative estimate of drug-likeness (QED) is 0.0274. The number of unbranched alkanes of at least 4 members (excludes halogenated alkanes) is 41. The number of carbonyl (C=O) groups is 2. The highest BCUT2D eigenvalue weighted by Gasteiger charge is 2.18. The van der Waals surface area contributed by atoms with Gasteiger partial charge in [0.2, 0.25) is 5.91 Å². The second-order valence-electron chi connectivity index (χ2n) is 21.6. The van der Waals surface area contributed by atoms with E-state index in [4.69, 9.17) is 4.74 Å². The molecule has 418 valence electrons. The monoisotopic (exact) mass is 1000 g/mol. The summed E-state index contributed by atoms with van der Waals surface area (Å²) >= 11 is 0. The summed E-state index contributed by atoms with van der Waals surface area (Å²) in [7, 11) is 0. The molecule has 0 heterocycles. The third-order valence-corrected chi connectivity index (χ3v) is 14.5. The maximum atomic E-state index is 12.5. The van der Waals surface area contributed by atoms with Gasteiger partial charge in [0.05, 0.1) is 31.5 Å². The Hall–Kier alpha value is -1.96. The minimum Gasteiger partial charge on any atom is -0.466 e. The smallest absolute Gasteiger partial charge is 0.305 e. The van der Waals surface area contributed by atoms with E-state index in [0.29, 0.717) is 25.9 Å². The SMILES string of the molecule is CCCCC/C=C\C/C=C\CCCCCCCC(=O)OCCCCCCCCCCCCCCCCCCCCCCCCCCCCC(=O)N[C@@H](CO)[C@H](O)/C=C/C(O)CCCCCCCCCCC. The van der Waals surface area contributed by atoms with Crippen molar-refractivity contribution in [3.63, 3.8) is 0 Å². The first kappa shape index (κ1) is 69.0. The third kappa shape index (κ3) is 55.6. The number of allylic oxidation sites excluding steroid dienone is 4. The van der Waals surface area contributed by atoms with Gasteiger partial charge in [-0.3, -0.25) is 9.59 Å². The summed E-state index contributed by atoms with van der Waals surface area (Å²) in [5, 5.41) is 33.3. The van der Waals surface area contributed by atoms with Crippen molar-refractivity contribution in [1.29, 1.82) is 0 Å². The van der Waals surface area contributed by atoms with E-state index in [2.05, 4.69) is 43.5 Å². The van der Waals surface area contributed by atoms with Gasteiger partial charge in [-0.15, -0.1) is 0 Å². The number of hydrogen-bond donors (Lipinski definition) is 4. The summed E-state index contributed by atoms with van der Waals surface area (Å²) in [4.78, 5) is 24.5. The number of ether oxygens (including phenoxy) is 1. The van der Waals surface area contributed by atoms with E-state index >= 15 is 0 Å². The molecule has 0 bridgehead atoms. The fourth-order valence-electron chi connectivity index (χ4n) is 9.62. The Morgan fingerprint density at radius 3 is 1.21 bits per heavy atom. The molecule has 0 spiro atoms. The molecule has 0 radical (unpaired) electrons. The molecule has 0 aliphatic rings. The van der Waals surface area contributed by atoms with Gasteiger partial charge in [-0.25, -0.2) is 0 Å². The van der Waals surface area contributed by atoms with E-state index in [-0.39, 0.29) is 18.5 Å². The van der Waals surface area contributed by atoms with E-state index in [1.165, 1.54) is 244 Å². The van der Waals surface area contributed by atoms with Crippen LogP contribution in [-0.2, 0) is 14.3 Å². The highest BCUT2D eigenvalue weighted by molar-refractivity contribution is 5.76. The van der Waals surface area contributed by atoms with Crippen molar-refractivity contribution in [1.82, 2.24) is 5.32 Å². The van der Waals surface area contributed by atoms with Crippen LogP contribution in [-0.4, -0.2) is 58.7 Å². The minimum absolute atomic E-state index is 0.000161. The van der Waals surface area contributed by atoms with Crippen molar-refractivity contribution < 1.29 is 29.6 Å². The average Bonchev–Trinajstić information content (AvgIpc) is 3.37. The second kappa shape index (κ2) is 58.9. The number of nitrogens with one attached hydrogen (secondary N) is 1. The van der Waals surface area contributed by atoms with E-state index in [0.717, 1.165) is 57.8 Å². The van der Waals surface area contributed by atoms with Crippen molar-refractivity contribution in [2.75, 3.05) is 13.2 Å². The van der Waals surface area contributed by atoms with Gasteiger partial charge in [-0.1, -0.05) is 294 Å². The molecule has 0 saturated carbocycles. The van der Waals surface area contributed by atoms with Crippen LogP contribution in [0.3, 0.4) is 0 Å². The Labute approximate surface area is 441 Å². The molecule has 4 N–H and O–H groups in total. The summed E-state index contributed by atoms with van der Waals surface area (Å²) in [6, 6.07) is -0.748. The lowest BCUT2D eigenvalue weighted by Crippen LogP contribution is -2.45. The third-order valence-electron chi connectivity index (χ3n) is 14.5. The summed E-state index contributed by atoms with van der Waals surface area (Å²) in [6.45, 7) is 4.76. The number of hydrogen-bond acceptors (Lipinski definition) is 6. The Morgan fingerprint density at radius 2 is 0.775 bits per heavy atom. The van der Waals surface area contributed by atoms with Gasteiger partial charge in [0.25, 0.3) is 0 Å². The number of aliphatic hydroxyl groups is 3. The lowest BCUT2D eigenvalue weighted by atomic mass is 10.0. The maximum absolute atomic E-state index is 12.5. The molecule has 0 aliphatic carbocycles. The van der Waals surface area contributed by atoms with Gasteiger partial charge in [-0.2, -0.15) is 0 Å². The molecule has 1 amide bonds. The summed E-state index contributed by atoms with van der Waals surface area (Å²) in [6.07, 6.45) is 70.7. The number of amides is 1. The van der Waals surface area contributed by atoms with Crippen LogP contribution < -0.4 is 5.32 Å². The molecule has 0 aromatic heterocycles. The van der Waals surface area contributed by atoms with Crippen LogP contribution in [0, 0.1) is 0 Å². The van der Waals surface area contributed by atoms with Crippen LogP contribution in [0.2, 0.25) is 0 Å². The Balaban J connectivity index is 3.40. The predicted molar refractivity (Wildman–Crippen MR) is 307 cm³/mol. The molecule has 0 saturated heterocycles. The van der Waals surface area contributed by atoms with Crippen LogP contribution >= 0.6 is 0 Å². The molecule has 1 unspecified atom stereocenters. The van der Waals surface area contributed by atoms with E-state index in [9.17, 15) is 24.9 Å². The fourth-order valence-corrected chi connectivity index (χ4v) is 9.62. The van der Waals surface area contributed by atoms with E-state index in [1.807, 2.05) is 0 Å². The van der Waals surface area contributed by atoms with Crippen LogP contribution in [0.5, 0.6) is 0 Å². The van der Waals surface area contributed by atoms with Gasteiger partial charge in [0.1, 0.15) is 0 Å². The van der Waals surface area contributed by atoms with Crippen molar-refractivity contribution in [3.05, 3.63) is 36.5 Å². The molecule has 7 heteroatoms. The number of esters is 1. The van der Waals surface area contributed by atoms with E-state index < -0.39 is 18.2 Å². The Kier molecular flexibility index (Phi) is 57.3. The Morgan fingerprint density at radius 1 is 0.423 bits per heavy atom. The molecular weight excluding hydrogens is 879 g/mol. The molecule has 0 rings (SSSR count). The van der Waals surface area contributed by atoms with E-state index in [1.54, 1.807) is 6.08 Å². The van der Waals surface area contributed by atoms with Crippen LogP contribution in [0.1, 0.15) is 328 Å². The number of rotatable bonds is 58. The normalized spacial score (nSPS) is 13.3. The van der Waals surface area contributed by atoms with Crippen LogP contribution in [0.15, 0.2) is 36.5 Å². The predicted octanol–water partition coefficient (Wildman–Crippen LogP) is 18.6. The topological polar surface area (TPSA) is 116 Å². The van der Waals surface area contributed by atoms with Crippen LogP contribution in [0.4, 0.5) is 0 Å². The second-order valence-corrected chi connectivity index (χ2v) is 21.6. The first-order valence-corrected chi connectivity index (χ1v) is 31.3. The molecule has 0 aliphatic heterocycles. The number of aliphatic hydroxyl groups excluding tert-OH is 3. The first-order valence-electron chi connectivity index (χ1n) is 31.3. The average molecular weight is 1000 g/mol. The largest absolute Gasteiger partial charge is 0.466 e. The number of carbonyl (C=O) groups excluding carboxylic acids is 2. The van der Waals surface area contributed by atoms with Crippen LogP contribution in [0.25, 0.3) is 0 Å². The standard InChI is InChI=1S/C64H121NO6/c1-3-5-7-9-11-13-14-15-28-32-35-39-43-47-51-55-64(70)71-58-52-48-44-40-36-33-30-27-25-23-21-19-17-16-18-20-22-24-26-29-31-34-38-42-46-50-54-63(69)65-61(59-66)62(68)57-56-60(67)53-49-45-41-37-12-10-8-6-4-2/h11,13,15,28,56-57,60-62,66-68H,3-10,12,14,16-27,29-55,58-59H2,1-2H3,(H,65,69)/b13-11-,28-15-,57-56+/t60?,61-,62+/m0/s1. The fraction of sp³-hybridized carbons (Fsp3) is 0.875. The summed E-state index contributed by atoms with van der Waals surface area (Å²) < 4.78 is 5.48. The molecule has 0 fully saturated rings. The molecule has 0 aromatic carbocycles. The zero-order valence-corrected chi connectivity index (χ0v) is 47.3. The molecule has 0 aromatic rings. The lowest BCUT2D eigenvalue weighted by Gasteiger charge is -2.20. The van der Waals surface area contributed by atoms with Gasteiger partial charge < -0.3 is 25.4 Å². The van der Waals surface area contributed by atoms with Gasteiger partial charge in [0, 0.05) is 12.8 Å². The molecule has 3 atom stereocenters. The Bertz CT molecular complexity index is 1170. The highest BCUT2D eigenvalue weighted by Crippen LogP contribution is 2.18. The van der Waals surface area contributed by atoms with Crippen molar-refractivity contribution in [3.8, 4) is 0 Å².